The van der Waals surface area contributed by atoms with Gasteiger partial charge in [0.05, 0.1) is 18.3 Å². The smallest absolute Gasteiger partial charge is 0.414 e. The third-order valence-electron chi connectivity index (χ3n) is 6.01. The molecule has 4 rings (SSSR count). The van der Waals surface area contributed by atoms with Crippen LogP contribution in [0.3, 0.4) is 0 Å². The second-order valence-electron chi connectivity index (χ2n) is 8.82. The van der Waals surface area contributed by atoms with Gasteiger partial charge in [-0.1, -0.05) is 18.5 Å². The van der Waals surface area contributed by atoms with Crippen LogP contribution < -0.4 is 10.1 Å². The zero-order chi connectivity index (χ0) is 28.4. The Balaban J connectivity index is 0.000000631. The highest BCUT2D eigenvalue weighted by Gasteiger charge is 2.26. The number of aliphatic carboxylic acids is 2. The molecule has 10 nitrogen and oxygen atoms in total. The number of urea groups is 1. The lowest BCUT2D eigenvalue weighted by Crippen LogP contribution is -2.36. The molecule has 0 saturated carbocycles. The molecule has 1 aliphatic rings. The molecule has 2 aromatic carbocycles. The molecule has 1 aromatic heterocycles. The maximum absolute atomic E-state index is 13.4. The van der Waals surface area contributed by atoms with E-state index in [-0.39, 0.29) is 11.8 Å². The summed E-state index contributed by atoms with van der Waals surface area (Å²) in [6, 6.07) is 12.2. The van der Waals surface area contributed by atoms with Gasteiger partial charge in [-0.25, -0.2) is 18.8 Å². The number of benzene rings is 2. The second kappa shape index (κ2) is 14.4. The summed E-state index contributed by atoms with van der Waals surface area (Å²) in [4.78, 5) is 34.3. The molecule has 210 valence electrons. The third kappa shape index (κ3) is 8.33. The van der Waals surface area contributed by atoms with Crippen molar-refractivity contribution in [3.8, 4) is 11.4 Å². The Kier molecular flexibility index (Phi) is 10.9. The highest BCUT2D eigenvalue weighted by Crippen LogP contribution is 2.32. The van der Waals surface area contributed by atoms with Gasteiger partial charge in [0.25, 0.3) is 0 Å². The zero-order valence-corrected chi connectivity index (χ0v) is 22.4. The van der Waals surface area contributed by atoms with E-state index in [1.165, 1.54) is 12.1 Å². The fourth-order valence-electron chi connectivity index (χ4n) is 4.13. The van der Waals surface area contributed by atoms with E-state index in [2.05, 4.69) is 12.2 Å². The standard InChI is InChI=1S/C25H30ClFN4O2.C2H2O4/c1-2-12-29-14-15-30(25(29)32)13-11-28-10-3-16-33-24-18-31(21-7-5-20(27)6-8-21)23-17-19(26)4-9-22(23)24;3-1(4)2(5)6/h4-9,17-18,28H,2-3,10-16H2,1H3;(H,3,4)(H,5,6). The summed E-state index contributed by atoms with van der Waals surface area (Å²) in [5.74, 6) is -3.15. The summed E-state index contributed by atoms with van der Waals surface area (Å²) in [5, 5.41) is 19.8. The van der Waals surface area contributed by atoms with Gasteiger partial charge in [-0.3, -0.25) is 0 Å². The van der Waals surface area contributed by atoms with E-state index in [1.807, 2.05) is 38.8 Å². The van der Waals surface area contributed by atoms with Crippen LogP contribution >= 0.6 is 11.6 Å². The SMILES string of the molecule is CCCN1CCN(CCNCCCOc2cn(-c3ccc(F)cc3)c3cc(Cl)ccc23)C1=O.O=C(O)C(=O)O. The molecule has 0 radical (unpaired) electrons. The molecule has 3 N–H and O–H groups in total. The number of carbonyl (C=O) groups excluding carboxylic acids is 1. The zero-order valence-electron chi connectivity index (χ0n) is 21.6. The number of nitrogens with one attached hydrogen (secondary N) is 1. The molecule has 12 heteroatoms. The van der Waals surface area contributed by atoms with Gasteiger partial charge in [-0.15, -0.1) is 0 Å². The number of hydrogen-bond donors (Lipinski definition) is 3. The molecule has 2 amide bonds. The summed E-state index contributed by atoms with van der Waals surface area (Å²) in [6.07, 6.45) is 3.75. The van der Waals surface area contributed by atoms with Crippen LogP contribution in [0.1, 0.15) is 19.8 Å². The first kappa shape index (κ1) is 29.7. The Labute approximate surface area is 230 Å². The number of carboxylic acid groups (broad SMARTS) is 2. The van der Waals surface area contributed by atoms with Crippen molar-refractivity contribution in [2.45, 2.75) is 19.8 Å². The molecule has 0 atom stereocenters. The van der Waals surface area contributed by atoms with Gasteiger partial charge in [0.1, 0.15) is 11.6 Å². The summed E-state index contributed by atoms with van der Waals surface area (Å²) in [5.41, 5.74) is 1.75. The van der Waals surface area contributed by atoms with Gasteiger partial charge in [-0.2, -0.15) is 0 Å². The number of hydrogen-bond acceptors (Lipinski definition) is 5. The topological polar surface area (TPSA) is 124 Å². The monoisotopic (exact) mass is 562 g/mol. The Morgan fingerprint density at radius 3 is 2.33 bits per heavy atom. The largest absolute Gasteiger partial charge is 0.491 e. The van der Waals surface area contributed by atoms with Crippen LogP contribution in [0.2, 0.25) is 5.02 Å². The maximum Gasteiger partial charge on any atom is 0.414 e. The predicted molar refractivity (Wildman–Crippen MR) is 145 cm³/mol. The van der Waals surface area contributed by atoms with Crippen LogP contribution in [0.5, 0.6) is 5.75 Å². The number of rotatable bonds is 11. The highest BCUT2D eigenvalue weighted by atomic mass is 35.5. The van der Waals surface area contributed by atoms with Crippen molar-refractivity contribution in [3.63, 3.8) is 0 Å². The van der Waals surface area contributed by atoms with Crippen molar-refractivity contribution in [1.82, 2.24) is 19.7 Å². The van der Waals surface area contributed by atoms with Gasteiger partial charge in [0.2, 0.25) is 0 Å². The molecule has 39 heavy (non-hydrogen) atoms. The second-order valence-corrected chi connectivity index (χ2v) is 9.26. The number of nitrogens with zero attached hydrogens (tertiary/aromatic N) is 3. The lowest BCUT2D eigenvalue weighted by molar-refractivity contribution is -0.159. The van der Waals surface area contributed by atoms with E-state index in [0.717, 1.165) is 74.5 Å². The molecule has 0 unspecified atom stereocenters. The van der Waals surface area contributed by atoms with Crippen molar-refractivity contribution >= 4 is 40.5 Å². The summed E-state index contributed by atoms with van der Waals surface area (Å²) in [7, 11) is 0. The fourth-order valence-corrected chi connectivity index (χ4v) is 4.30. The van der Waals surface area contributed by atoms with Gasteiger partial charge in [0, 0.05) is 48.8 Å². The maximum atomic E-state index is 13.4. The first-order chi connectivity index (χ1) is 18.7. The molecule has 3 aromatic rings. The normalized spacial score (nSPS) is 12.9. The number of halogens is 2. The average molecular weight is 563 g/mol. The summed E-state index contributed by atoms with van der Waals surface area (Å²) >= 11 is 6.22. The minimum absolute atomic E-state index is 0.152. The van der Waals surface area contributed by atoms with Crippen LogP contribution in [-0.2, 0) is 9.59 Å². The Bertz CT molecular complexity index is 1270. The van der Waals surface area contributed by atoms with Crippen molar-refractivity contribution in [1.29, 1.82) is 0 Å². The Hall–Kier alpha value is -3.83. The number of aromatic nitrogens is 1. The molecule has 0 aliphatic carbocycles. The van der Waals surface area contributed by atoms with Crippen LogP contribution in [-0.4, -0.2) is 88.4 Å². The highest BCUT2D eigenvalue weighted by molar-refractivity contribution is 6.31. The molecule has 2 heterocycles. The van der Waals surface area contributed by atoms with Crippen molar-refractivity contribution in [2.24, 2.45) is 0 Å². The molecule has 1 saturated heterocycles. The Morgan fingerprint density at radius 1 is 1.03 bits per heavy atom. The van der Waals surface area contributed by atoms with E-state index in [9.17, 15) is 9.18 Å². The number of carboxylic acids is 2. The lowest BCUT2D eigenvalue weighted by atomic mass is 10.2. The average Bonchev–Trinajstić information content (AvgIpc) is 3.44. The number of carbonyl (C=O) groups is 3. The van der Waals surface area contributed by atoms with Gasteiger partial charge < -0.3 is 34.6 Å². The van der Waals surface area contributed by atoms with Crippen LogP contribution in [0.15, 0.2) is 48.7 Å². The first-order valence-electron chi connectivity index (χ1n) is 12.6. The van der Waals surface area contributed by atoms with Crippen molar-refractivity contribution in [2.75, 3.05) is 45.9 Å². The first-order valence-corrected chi connectivity index (χ1v) is 13.0. The van der Waals surface area contributed by atoms with Crippen LogP contribution in [0.4, 0.5) is 9.18 Å². The number of amides is 2. The van der Waals surface area contributed by atoms with E-state index in [0.29, 0.717) is 11.6 Å². The van der Waals surface area contributed by atoms with E-state index >= 15 is 0 Å². The van der Waals surface area contributed by atoms with Crippen LogP contribution in [0, 0.1) is 5.82 Å². The number of ether oxygens (including phenoxy) is 1. The molecule has 0 spiro atoms. The van der Waals surface area contributed by atoms with Gasteiger partial charge in [0.15, 0.2) is 0 Å². The predicted octanol–water partition coefficient (Wildman–Crippen LogP) is 4.08. The third-order valence-corrected chi connectivity index (χ3v) is 6.24. The fraction of sp³-hybridized carbons (Fsp3) is 0.370. The van der Waals surface area contributed by atoms with Crippen LogP contribution in [0.25, 0.3) is 16.6 Å². The van der Waals surface area contributed by atoms with Gasteiger partial charge >= 0.3 is 18.0 Å². The van der Waals surface area contributed by atoms with E-state index in [4.69, 9.17) is 36.1 Å². The Morgan fingerprint density at radius 2 is 1.69 bits per heavy atom. The quantitative estimate of drug-likeness (QED) is 0.237. The van der Waals surface area contributed by atoms with E-state index < -0.39 is 11.9 Å². The lowest BCUT2D eigenvalue weighted by Gasteiger charge is -2.18. The summed E-state index contributed by atoms with van der Waals surface area (Å²) in [6.45, 7) is 7.44. The molecule has 1 aliphatic heterocycles. The molecule has 0 bridgehead atoms. The molecule has 1 fully saturated rings. The minimum atomic E-state index is -1.82. The summed E-state index contributed by atoms with van der Waals surface area (Å²) < 4.78 is 21.4. The van der Waals surface area contributed by atoms with Crippen molar-refractivity contribution in [3.05, 3.63) is 59.5 Å². The molecular weight excluding hydrogens is 531 g/mol. The molecular formula is C27H32ClFN4O6. The van der Waals surface area contributed by atoms with Gasteiger partial charge in [-0.05, 0) is 61.9 Å². The van der Waals surface area contributed by atoms with Crippen molar-refractivity contribution < 1.29 is 33.7 Å². The number of fused-ring (bicyclic) bond motifs is 1. The van der Waals surface area contributed by atoms with E-state index in [1.54, 1.807) is 12.1 Å². The minimum Gasteiger partial charge on any atom is -0.491 e.